The maximum absolute atomic E-state index is 8.60. The van der Waals surface area contributed by atoms with Gasteiger partial charge >= 0.3 is 0 Å². The minimum Gasteiger partial charge on any atom is -0.324 e. The maximum atomic E-state index is 8.60. The van der Waals surface area contributed by atoms with Gasteiger partial charge in [-0.1, -0.05) is 26.0 Å². The molecule has 1 aromatic rings. The number of halogens is 1. The van der Waals surface area contributed by atoms with Crippen LogP contribution >= 0.6 is 12.4 Å². The number of nitriles is 1. The van der Waals surface area contributed by atoms with Crippen LogP contribution in [-0.4, -0.2) is 0 Å². The van der Waals surface area contributed by atoms with Gasteiger partial charge in [0.1, 0.15) is 0 Å². The fourth-order valence-corrected chi connectivity index (χ4v) is 1.16. The van der Waals surface area contributed by atoms with Crippen molar-refractivity contribution in [3.63, 3.8) is 0 Å². The van der Waals surface area contributed by atoms with Gasteiger partial charge in [0.05, 0.1) is 11.6 Å². The van der Waals surface area contributed by atoms with Crippen LogP contribution in [0.2, 0.25) is 0 Å². The van der Waals surface area contributed by atoms with Crippen molar-refractivity contribution >= 4 is 12.4 Å². The largest absolute Gasteiger partial charge is 0.324 e. The highest BCUT2D eigenvalue weighted by molar-refractivity contribution is 5.85. The van der Waals surface area contributed by atoms with Gasteiger partial charge < -0.3 is 5.73 Å². The summed E-state index contributed by atoms with van der Waals surface area (Å²) in [5.41, 5.74) is 7.72. The Morgan fingerprint density at radius 3 is 2.07 bits per heavy atom. The normalized spacial score (nSPS) is 11.6. The van der Waals surface area contributed by atoms with Gasteiger partial charge in [0.2, 0.25) is 0 Å². The first-order chi connectivity index (χ1) is 6.15. The Hall–Kier alpha value is -1.04. The number of rotatable bonds is 2. The number of hydrogen-bond acceptors (Lipinski definition) is 2. The van der Waals surface area contributed by atoms with Crippen LogP contribution in [0.15, 0.2) is 24.3 Å². The summed E-state index contributed by atoms with van der Waals surface area (Å²) in [6.07, 6.45) is 0. The summed E-state index contributed by atoms with van der Waals surface area (Å²) in [5, 5.41) is 8.60. The van der Waals surface area contributed by atoms with Gasteiger partial charge in [-0.2, -0.15) is 5.26 Å². The van der Waals surface area contributed by atoms with Gasteiger partial charge in [-0.25, -0.2) is 0 Å². The van der Waals surface area contributed by atoms with Crippen LogP contribution in [0.5, 0.6) is 0 Å². The molecule has 0 unspecified atom stereocenters. The van der Waals surface area contributed by atoms with E-state index in [1.54, 1.807) is 12.1 Å². The Morgan fingerprint density at radius 1 is 1.21 bits per heavy atom. The molecule has 0 radical (unpaired) electrons. The molecule has 0 bridgehead atoms. The summed E-state index contributed by atoms with van der Waals surface area (Å²) in [6, 6.07) is 9.59. The molecule has 0 spiro atoms. The van der Waals surface area contributed by atoms with Gasteiger partial charge in [-0.05, 0) is 23.6 Å². The van der Waals surface area contributed by atoms with E-state index in [9.17, 15) is 0 Å². The zero-order chi connectivity index (χ0) is 9.84. The van der Waals surface area contributed by atoms with E-state index in [0.717, 1.165) is 5.56 Å². The van der Waals surface area contributed by atoms with Crippen molar-refractivity contribution < 1.29 is 0 Å². The molecular weight excluding hydrogens is 196 g/mol. The second-order valence-corrected chi connectivity index (χ2v) is 3.50. The first-order valence-electron chi connectivity index (χ1n) is 4.41. The Labute approximate surface area is 91.1 Å². The average Bonchev–Trinajstić information content (AvgIpc) is 2.17. The summed E-state index contributed by atoms with van der Waals surface area (Å²) < 4.78 is 0. The standard InChI is InChI=1S/C11H14N2.ClH/c1-8(2)11(13)10-5-3-9(7-12)4-6-10;/h3-6,8,11H,13H2,1-2H3;1H/t11-;/m1./s1. The lowest BCUT2D eigenvalue weighted by Crippen LogP contribution is -2.16. The van der Waals surface area contributed by atoms with E-state index in [4.69, 9.17) is 11.0 Å². The number of benzene rings is 1. The molecule has 0 aromatic heterocycles. The van der Waals surface area contributed by atoms with Crippen molar-refractivity contribution in [2.45, 2.75) is 19.9 Å². The van der Waals surface area contributed by atoms with Crippen molar-refractivity contribution in [3.05, 3.63) is 35.4 Å². The number of nitrogens with zero attached hydrogens (tertiary/aromatic N) is 1. The van der Waals surface area contributed by atoms with E-state index in [-0.39, 0.29) is 18.4 Å². The third kappa shape index (κ3) is 3.02. The molecule has 0 saturated carbocycles. The highest BCUT2D eigenvalue weighted by Gasteiger charge is 2.09. The van der Waals surface area contributed by atoms with Crippen LogP contribution in [0, 0.1) is 17.2 Å². The number of nitrogens with two attached hydrogens (primary N) is 1. The molecule has 1 rings (SSSR count). The lowest BCUT2D eigenvalue weighted by atomic mass is 9.96. The molecule has 0 amide bonds. The van der Waals surface area contributed by atoms with Gasteiger partial charge in [-0.15, -0.1) is 12.4 Å². The molecule has 2 nitrogen and oxygen atoms in total. The van der Waals surface area contributed by atoms with Crippen molar-refractivity contribution in [2.75, 3.05) is 0 Å². The second-order valence-electron chi connectivity index (χ2n) is 3.50. The van der Waals surface area contributed by atoms with Crippen LogP contribution in [0.25, 0.3) is 0 Å². The minimum atomic E-state index is 0. The molecule has 0 aliphatic rings. The lowest BCUT2D eigenvalue weighted by molar-refractivity contribution is 0.514. The lowest BCUT2D eigenvalue weighted by Gasteiger charge is -2.15. The molecule has 1 atom stereocenters. The molecule has 0 heterocycles. The van der Waals surface area contributed by atoms with Crippen LogP contribution in [0.4, 0.5) is 0 Å². The van der Waals surface area contributed by atoms with E-state index in [1.165, 1.54) is 0 Å². The summed E-state index contributed by atoms with van der Waals surface area (Å²) in [5.74, 6) is 0.424. The zero-order valence-electron chi connectivity index (χ0n) is 8.40. The highest BCUT2D eigenvalue weighted by atomic mass is 35.5. The quantitative estimate of drug-likeness (QED) is 0.816. The first kappa shape index (κ1) is 13.0. The number of hydrogen-bond donors (Lipinski definition) is 1. The summed E-state index contributed by atoms with van der Waals surface area (Å²) in [6.45, 7) is 4.17. The van der Waals surface area contributed by atoms with E-state index in [1.807, 2.05) is 12.1 Å². The molecule has 0 fully saturated rings. The summed E-state index contributed by atoms with van der Waals surface area (Å²) >= 11 is 0. The van der Waals surface area contributed by atoms with Crippen molar-refractivity contribution in [1.29, 1.82) is 5.26 Å². The zero-order valence-corrected chi connectivity index (χ0v) is 9.21. The maximum Gasteiger partial charge on any atom is 0.0991 e. The fourth-order valence-electron chi connectivity index (χ4n) is 1.16. The van der Waals surface area contributed by atoms with E-state index in [0.29, 0.717) is 11.5 Å². The molecule has 2 N–H and O–H groups in total. The molecular formula is C11H15ClN2. The van der Waals surface area contributed by atoms with Crippen LogP contribution in [0.1, 0.15) is 31.0 Å². The van der Waals surface area contributed by atoms with Gasteiger partial charge in [0.15, 0.2) is 0 Å². The van der Waals surface area contributed by atoms with Crippen LogP contribution in [-0.2, 0) is 0 Å². The minimum absolute atomic E-state index is 0. The van der Waals surface area contributed by atoms with Crippen molar-refractivity contribution in [1.82, 2.24) is 0 Å². The Kier molecular flexibility index (Phi) is 5.22. The molecule has 3 heteroatoms. The summed E-state index contributed by atoms with van der Waals surface area (Å²) in [4.78, 5) is 0. The topological polar surface area (TPSA) is 49.8 Å². The molecule has 76 valence electrons. The predicted molar refractivity (Wildman–Crippen MR) is 60.2 cm³/mol. The van der Waals surface area contributed by atoms with Crippen LogP contribution < -0.4 is 5.73 Å². The monoisotopic (exact) mass is 210 g/mol. The Morgan fingerprint density at radius 2 is 1.71 bits per heavy atom. The predicted octanol–water partition coefficient (Wildman–Crippen LogP) is 2.64. The molecule has 0 aliphatic heterocycles. The SMILES string of the molecule is CC(C)[C@@H](N)c1ccc(C#N)cc1.Cl. The Bertz CT molecular complexity index is 311. The second kappa shape index (κ2) is 5.64. The molecule has 0 aliphatic carbocycles. The van der Waals surface area contributed by atoms with Crippen molar-refractivity contribution in [2.24, 2.45) is 11.7 Å². The van der Waals surface area contributed by atoms with Gasteiger partial charge in [0, 0.05) is 6.04 Å². The van der Waals surface area contributed by atoms with Crippen molar-refractivity contribution in [3.8, 4) is 6.07 Å². The Balaban J connectivity index is 0.00000169. The first-order valence-corrected chi connectivity index (χ1v) is 4.41. The third-order valence-corrected chi connectivity index (χ3v) is 2.14. The summed E-state index contributed by atoms with van der Waals surface area (Å²) in [7, 11) is 0. The average molecular weight is 211 g/mol. The highest BCUT2D eigenvalue weighted by Crippen LogP contribution is 2.18. The van der Waals surface area contributed by atoms with Gasteiger partial charge in [-0.3, -0.25) is 0 Å². The van der Waals surface area contributed by atoms with Crippen LogP contribution in [0.3, 0.4) is 0 Å². The van der Waals surface area contributed by atoms with Gasteiger partial charge in [0.25, 0.3) is 0 Å². The third-order valence-electron chi connectivity index (χ3n) is 2.14. The molecule has 1 aromatic carbocycles. The van der Waals surface area contributed by atoms with E-state index < -0.39 is 0 Å². The fraction of sp³-hybridized carbons (Fsp3) is 0.364. The smallest absolute Gasteiger partial charge is 0.0991 e. The van der Waals surface area contributed by atoms with E-state index >= 15 is 0 Å². The van der Waals surface area contributed by atoms with E-state index in [2.05, 4.69) is 19.9 Å². The molecule has 14 heavy (non-hydrogen) atoms. The molecule has 0 saturated heterocycles.